The van der Waals surface area contributed by atoms with Gasteiger partial charge in [0.15, 0.2) is 0 Å². The lowest BCUT2D eigenvalue weighted by Gasteiger charge is -2.52. The van der Waals surface area contributed by atoms with Crippen LogP contribution < -0.4 is 11.1 Å². The number of carbonyl (C=O) groups excluding carboxylic acids is 3. The number of nitrogens with two attached hydrogens (primary N) is 1. The van der Waals surface area contributed by atoms with Crippen LogP contribution >= 0.6 is 0 Å². The summed E-state index contributed by atoms with van der Waals surface area (Å²) in [5.74, 6) is -1.29. The minimum absolute atomic E-state index is 0.0665. The number of urea groups is 1. The molecule has 1 aromatic rings. The fourth-order valence-corrected chi connectivity index (χ4v) is 3.01. The van der Waals surface area contributed by atoms with E-state index in [-0.39, 0.29) is 6.42 Å². The van der Waals surface area contributed by atoms with E-state index in [4.69, 9.17) is 5.73 Å². The highest BCUT2D eigenvalue weighted by atomic mass is 16.2. The van der Waals surface area contributed by atoms with E-state index >= 15 is 0 Å². The molecule has 0 aliphatic carbocycles. The van der Waals surface area contributed by atoms with Crippen LogP contribution in [-0.2, 0) is 9.59 Å². The molecule has 2 atom stereocenters. The number of nitrogens with one attached hydrogen (secondary N) is 1. The Balaban J connectivity index is 2.53. The van der Waals surface area contributed by atoms with Gasteiger partial charge in [0.1, 0.15) is 11.9 Å². The second kappa shape index (κ2) is 5.47. The van der Waals surface area contributed by atoms with Gasteiger partial charge in [-0.05, 0) is 12.0 Å². The van der Waals surface area contributed by atoms with Crippen LogP contribution in [0.4, 0.5) is 4.79 Å². The van der Waals surface area contributed by atoms with E-state index in [9.17, 15) is 14.4 Å². The Kier molecular flexibility index (Phi) is 3.88. The zero-order chi connectivity index (χ0) is 15.6. The number of carbonyl (C=O) groups is 3. The molecule has 4 amide bonds. The Bertz CT molecular complexity index is 568. The molecule has 2 heterocycles. The Hall–Kier alpha value is -2.51. The maximum absolute atomic E-state index is 12.4. The number of aromatic nitrogens is 2. The van der Waals surface area contributed by atoms with Crippen LogP contribution in [-0.4, -0.2) is 45.3 Å². The van der Waals surface area contributed by atoms with E-state index in [1.54, 1.807) is 12.4 Å². The lowest BCUT2D eigenvalue weighted by molar-refractivity contribution is -0.162. The first-order valence-corrected chi connectivity index (χ1v) is 6.58. The van der Waals surface area contributed by atoms with E-state index in [0.29, 0.717) is 12.0 Å². The van der Waals surface area contributed by atoms with Crippen molar-refractivity contribution < 1.29 is 14.4 Å². The van der Waals surface area contributed by atoms with Gasteiger partial charge < -0.3 is 11.1 Å². The normalized spacial score (nSPS) is 22.4. The van der Waals surface area contributed by atoms with Crippen LogP contribution in [0.5, 0.6) is 0 Å². The lowest BCUT2D eigenvalue weighted by Crippen LogP contribution is -2.74. The van der Waals surface area contributed by atoms with Gasteiger partial charge in [-0.1, -0.05) is 6.92 Å². The SMILES string of the molecule is CC[C@H](c1cncnc1)C1(C(=O)NC)CC(=O)N1C(N)=O. The molecule has 3 N–H and O–H groups in total. The number of hydrogen-bond acceptors (Lipinski definition) is 5. The summed E-state index contributed by atoms with van der Waals surface area (Å²) in [5.41, 5.74) is 4.66. The van der Waals surface area contributed by atoms with E-state index in [2.05, 4.69) is 15.3 Å². The summed E-state index contributed by atoms with van der Waals surface area (Å²) >= 11 is 0. The minimum atomic E-state index is -1.31. The summed E-state index contributed by atoms with van der Waals surface area (Å²) in [6, 6.07) is -0.926. The van der Waals surface area contributed by atoms with Gasteiger partial charge in [0.25, 0.3) is 0 Å². The van der Waals surface area contributed by atoms with Gasteiger partial charge in [-0.3, -0.25) is 9.59 Å². The third-order valence-corrected chi connectivity index (χ3v) is 3.88. The van der Waals surface area contributed by atoms with Crippen LogP contribution in [0, 0.1) is 0 Å². The van der Waals surface area contributed by atoms with Crippen molar-refractivity contribution in [2.45, 2.75) is 31.2 Å². The molecule has 0 saturated carbocycles. The molecule has 2 rings (SSSR count). The highest BCUT2D eigenvalue weighted by molar-refractivity contribution is 6.10. The Morgan fingerprint density at radius 3 is 2.52 bits per heavy atom. The third kappa shape index (κ3) is 2.12. The van der Waals surface area contributed by atoms with Gasteiger partial charge in [-0.2, -0.15) is 0 Å². The molecular formula is C13H17N5O3. The summed E-state index contributed by atoms with van der Waals surface area (Å²) in [7, 11) is 1.46. The number of nitrogens with zero attached hydrogens (tertiary/aromatic N) is 3. The van der Waals surface area contributed by atoms with Gasteiger partial charge in [-0.25, -0.2) is 19.7 Å². The molecule has 0 bridgehead atoms. The summed E-state index contributed by atoms with van der Waals surface area (Å²) in [4.78, 5) is 44.5. The molecule has 1 aliphatic heterocycles. The average molecular weight is 291 g/mol. The largest absolute Gasteiger partial charge is 0.357 e. The summed E-state index contributed by atoms with van der Waals surface area (Å²) < 4.78 is 0. The number of β-lactam (4-membered cyclic amide) rings is 1. The molecule has 8 nitrogen and oxygen atoms in total. The van der Waals surface area contributed by atoms with Crippen LogP contribution in [0.2, 0.25) is 0 Å². The molecule has 1 unspecified atom stereocenters. The first-order chi connectivity index (χ1) is 9.98. The average Bonchev–Trinajstić information content (AvgIpc) is 2.46. The van der Waals surface area contributed by atoms with E-state index in [1.165, 1.54) is 13.4 Å². The van der Waals surface area contributed by atoms with Gasteiger partial charge in [-0.15, -0.1) is 0 Å². The predicted octanol–water partition coefficient (Wildman–Crippen LogP) is -0.234. The number of primary amides is 1. The Morgan fingerprint density at radius 2 is 2.10 bits per heavy atom. The molecule has 0 aromatic carbocycles. The van der Waals surface area contributed by atoms with Crippen molar-refractivity contribution >= 4 is 17.8 Å². The molecule has 0 spiro atoms. The zero-order valence-electron chi connectivity index (χ0n) is 11.9. The maximum atomic E-state index is 12.4. The third-order valence-electron chi connectivity index (χ3n) is 3.88. The number of imide groups is 1. The van der Waals surface area contributed by atoms with Crippen molar-refractivity contribution in [3.63, 3.8) is 0 Å². The van der Waals surface area contributed by atoms with Crippen molar-refractivity contribution in [1.82, 2.24) is 20.2 Å². The summed E-state index contributed by atoms with van der Waals surface area (Å²) in [6.45, 7) is 1.87. The maximum Gasteiger partial charge on any atom is 0.322 e. The van der Waals surface area contributed by atoms with E-state index < -0.39 is 29.3 Å². The number of likely N-dealkylation sites (N-methyl/N-ethyl adjacent to an activating group) is 1. The fourth-order valence-electron chi connectivity index (χ4n) is 3.01. The topological polar surface area (TPSA) is 118 Å². The Labute approximate surface area is 121 Å². The van der Waals surface area contributed by atoms with Crippen LogP contribution in [0.3, 0.4) is 0 Å². The summed E-state index contributed by atoms with van der Waals surface area (Å²) in [6.07, 6.45) is 4.99. The molecular weight excluding hydrogens is 274 g/mol. The molecule has 0 radical (unpaired) electrons. The molecule has 8 heteroatoms. The molecule has 1 fully saturated rings. The van der Waals surface area contributed by atoms with Crippen LogP contribution in [0.25, 0.3) is 0 Å². The fraction of sp³-hybridized carbons (Fsp3) is 0.462. The van der Waals surface area contributed by atoms with E-state index in [1.807, 2.05) is 6.92 Å². The molecule has 21 heavy (non-hydrogen) atoms. The van der Waals surface area contributed by atoms with Crippen molar-refractivity contribution in [3.8, 4) is 0 Å². The minimum Gasteiger partial charge on any atom is -0.357 e. The summed E-state index contributed by atoms with van der Waals surface area (Å²) in [5, 5.41) is 2.52. The molecule has 1 aromatic heterocycles. The standard InChI is InChI=1S/C13H17N5O3/c1-3-9(8-5-16-7-17-6-8)13(11(20)15-2)4-10(19)18(13)12(14)21/h5-7,9H,3-4H2,1-2H3,(H2,14,21)(H,15,20)/t9-,13?/m1/s1. The van der Waals surface area contributed by atoms with Gasteiger partial charge in [0.05, 0.1) is 6.42 Å². The zero-order valence-corrected chi connectivity index (χ0v) is 11.9. The van der Waals surface area contributed by atoms with Crippen molar-refractivity contribution in [3.05, 3.63) is 24.3 Å². The van der Waals surface area contributed by atoms with Crippen molar-refractivity contribution in [2.24, 2.45) is 5.73 Å². The monoisotopic (exact) mass is 291 g/mol. The molecule has 1 saturated heterocycles. The van der Waals surface area contributed by atoms with Gasteiger partial charge in [0, 0.05) is 25.4 Å². The number of likely N-dealkylation sites (tertiary alicyclic amines) is 1. The Morgan fingerprint density at radius 1 is 1.48 bits per heavy atom. The smallest absolute Gasteiger partial charge is 0.322 e. The molecule has 1 aliphatic rings. The second-order valence-corrected chi connectivity index (χ2v) is 4.88. The van der Waals surface area contributed by atoms with E-state index in [0.717, 1.165) is 4.90 Å². The van der Waals surface area contributed by atoms with Crippen LogP contribution in [0.15, 0.2) is 18.7 Å². The highest BCUT2D eigenvalue weighted by Gasteiger charge is 2.62. The number of amides is 4. The van der Waals surface area contributed by atoms with Gasteiger partial charge in [0.2, 0.25) is 11.8 Å². The predicted molar refractivity (Wildman–Crippen MR) is 72.9 cm³/mol. The van der Waals surface area contributed by atoms with Crippen molar-refractivity contribution in [2.75, 3.05) is 7.05 Å². The molecule has 112 valence electrons. The lowest BCUT2D eigenvalue weighted by atomic mass is 9.69. The van der Waals surface area contributed by atoms with Crippen molar-refractivity contribution in [1.29, 1.82) is 0 Å². The highest BCUT2D eigenvalue weighted by Crippen LogP contribution is 2.45. The quantitative estimate of drug-likeness (QED) is 0.742. The van der Waals surface area contributed by atoms with Crippen LogP contribution in [0.1, 0.15) is 31.2 Å². The van der Waals surface area contributed by atoms with Gasteiger partial charge >= 0.3 is 6.03 Å². The second-order valence-electron chi connectivity index (χ2n) is 4.88. The number of hydrogen-bond donors (Lipinski definition) is 2. The first-order valence-electron chi connectivity index (χ1n) is 6.58. The first kappa shape index (κ1) is 14.9. The number of rotatable bonds is 4.